The van der Waals surface area contributed by atoms with E-state index in [1.165, 1.54) is 30.9 Å². The lowest BCUT2D eigenvalue weighted by Crippen LogP contribution is -2.43. The van der Waals surface area contributed by atoms with Crippen molar-refractivity contribution in [2.75, 3.05) is 0 Å². The van der Waals surface area contributed by atoms with Gasteiger partial charge in [-0.05, 0) is 49.1 Å². The molecule has 0 aliphatic heterocycles. The fraction of sp³-hybridized carbons (Fsp3) is 0.588. The van der Waals surface area contributed by atoms with Gasteiger partial charge < -0.3 is 5.73 Å². The second-order valence-electron chi connectivity index (χ2n) is 6.36. The maximum atomic E-state index is 12.8. The van der Waals surface area contributed by atoms with E-state index in [1.807, 2.05) is 6.07 Å². The molecule has 2 aliphatic carbocycles. The summed E-state index contributed by atoms with van der Waals surface area (Å²) in [5, 5.41) is 0. The predicted molar refractivity (Wildman–Crippen MR) is 76.4 cm³/mol. The largest absolute Gasteiger partial charge is 0.416 e. The zero-order valence-electron chi connectivity index (χ0n) is 12.0. The summed E-state index contributed by atoms with van der Waals surface area (Å²) in [6.45, 7) is 0. The summed E-state index contributed by atoms with van der Waals surface area (Å²) in [7, 11) is 0. The van der Waals surface area contributed by atoms with Gasteiger partial charge in [0, 0.05) is 12.0 Å². The van der Waals surface area contributed by atoms with Crippen molar-refractivity contribution in [2.45, 2.75) is 50.7 Å². The van der Waals surface area contributed by atoms with Crippen LogP contribution in [0.4, 0.5) is 13.2 Å². The summed E-state index contributed by atoms with van der Waals surface area (Å²) in [5.41, 5.74) is 6.45. The Morgan fingerprint density at radius 1 is 1.05 bits per heavy atom. The van der Waals surface area contributed by atoms with Crippen molar-refractivity contribution >= 4 is 0 Å². The molecular weight excluding hydrogens is 275 g/mol. The quantitative estimate of drug-likeness (QED) is 0.851. The highest BCUT2D eigenvalue weighted by Gasteiger charge is 2.42. The molecule has 0 bridgehead atoms. The molecule has 2 N–H and O–H groups in total. The van der Waals surface area contributed by atoms with Crippen LogP contribution in [-0.2, 0) is 6.18 Å². The van der Waals surface area contributed by atoms with Crippen LogP contribution in [0.15, 0.2) is 24.3 Å². The van der Waals surface area contributed by atoms with Gasteiger partial charge in [0.1, 0.15) is 0 Å². The van der Waals surface area contributed by atoms with Crippen molar-refractivity contribution in [3.8, 4) is 0 Å². The first-order valence-electron chi connectivity index (χ1n) is 7.76. The third kappa shape index (κ3) is 2.96. The summed E-state index contributed by atoms with van der Waals surface area (Å²) in [5.74, 6) is 2.03. The summed E-state index contributed by atoms with van der Waals surface area (Å²) in [6, 6.07) is 5.98. The number of halogens is 3. The average molecular weight is 296 g/mol. The first-order valence-corrected chi connectivity index (χ1v) is 7.76. The van der Waals surface area contributed by atoms with Crippen LogP contribution in [0.2, 0.25) is 0 Å². The summed E-state index contributed by atoms with van der Waals surface area (Å²) < 4.78 is 38.5. The zero-order valence-corrected chi connectivity index (χ0v) is 12.0. The Bertz CT molecular complexity index is 497. The summed E-state index contributed by atoms with van der Waals surface area (Å²) in [4.78, 5) is 0. The van der Waals surface area contributed by atoms with Gasteiger partial charge in [-0.2, -0.15) is 13.2 Å². The minimum atomic E-state index is -4.27. The molecule has 2 fully saturated rings. The lowest BCUT2D eigenvalue weighted by Gasteiger charge is -2.45. The fourth-order valence-electron chi connectivity index (χ4n) is 3.87. The molecule has 4 heteroatoms. The smallest absolute Gasteiger partial charge is 0.327 e. The van der Waals surface area contributed by atoms with Crippen LogP contribution in [-0.4, -0.2) is 6.04 Å². The molecule has 3 atom stereocenters. The normalized spacial score (nSPS) is 31.0. The second kappa shape index (κ2) is 5.64. The van der Waals surface area contributed by atoms with Crippen LogP contribution in [0.5, 0.6) is 0 Å². The topological polar surface area (TPSA) is 26.0 Å². The van der Waals surface area contributed by atoms with Gasteiger partial charge in [-0.3, -0.25) is 0 Å². The van der Waals surface area contributed by atoms with Crippen LogP contribution in [0, 0.1) is 17.8 Å². The fourth-order valence-corrected chi connectivity index (χ4v) is 3.87. The molecule has 0 amide bonds. The average Bonchev–Trinajstić information content (AvgIpc) is 2.39. The van der Waals surface area contributed by atoms with E-state index in [4.69, 9.17) is 5.73 Å². The Hall–Kier alpha value is -1.03. The van der Waals surface area contributed by atoms with Crippen LogP contribution in [0.25, 0.3) is 0 Å². The lowest BCUT2D eigenvalue weighted by atomic mass is 9.60. The molecule has 1 aromatic carbocycles. The minimum Gasteiger partial charge on any atom is -0.327 e. The van der Waals surface area contributed by atoms with Crippen molar-refractivity contribution in [3.05, 3.63) is 41.3 Å². The van der Waals surface area contributed by atoms with E-state index < -0.39 is 11.7 Å². The van der Waals surface area contributed by atoms with Gasteiger partial charge in [0.2, 0.25) is 0 Å². The Balaban J connectivity index is 1.78. The minimum absolute atomic E-state index is 0.213. The Morgan fingerprint density at radius 2 is 1.81 bits per heavy atom. The molecule has 1 radical (unpaired) electrons. The maximum absolute atomic E-state index is 12.8. The first-order chi connectivity index (χ1) is 9.97. The maximum Gasteiger partial charge on any atom is 0.416 e. The molecule has 0 heterocycles. The van der Waals surface area contributed by atoms with Gasteiger partial charge in [-0.1, -0.05) is 31.0 Å². The molecular formula is C17H21F3N. The number of nitrogens with two attached hydrogens (primary N) is 1. The van der Waals surface area contributed by atoms with E-state index in [2.05, 4.69) is 0 Å². The van der Waals surface area contributed by atoms with Crippen LogP contribution >= 0.6 is 0 Å². The molecule has 2 aliphatic rings. The van der Waals surface area contributed by atoms with E-state index in [-0.39, 0.29) is 6.04 Å². The summed E-state index contributed by atoms with van der Waals surface area (Å²) >= 11 is 0. The van der Waals surface area contributed by atoms with E-state index >= 15 is 0 Å². The van der Waals surface area contributed by atoms with Gasteiger partial charge in [-0.15, -0.1) is 0 Å². The van der Waals surface area contributed by atoms with E-state index in [9.17, 15) is 13.2 Å². The van der Waals surface area contributed by atoms with E-state index in [0.717, 1.165) is 37.3 Å². The van der Waals surface area contributed by atoms with Crippen LogP contribution in [0.1, 0.15) is 49.7 Å². The van der Waals surface area contributed by atoms with Crippen LogP contribution in [0.3, 0.4) is 0 Å². The molecule has 2 saturated carbocycles. The third-order valence-electron chi connectivity index (χ3n) is 5.12. The standard InChI is InChI=1S/C17H21F3N/c18-17(19,20)12-5-3-4-11(10-12)13-8-9-14(13)15-6-1-2-7-16(15)21/h3-5,10,14-16H,1-2,6-9,21H2. The van der Waals surface area contributed by atoms with E-state index in [1.54, 1.807) is 0 Å². The number of benzene rings is 1. The number of hydrogen-bond donors (Lipinski definition) is 1. The second-order valence-corrected chi connectivity index (χ2v) is 6.36. The first kappa shape index (κ1) is 14.9. The monoisotopic (exact) mass is 296 g/mol. The van der Waals surface area contributed by atoms with Gasteiger partial charge in [0.05, 0.1) is 5.56 Å². The van der Waals surface area contributed by atoms with Crippen molar-refractivity contribution in [3.63, 3.8) is 0 Å². The molecule has 3 unspecified atom stereocenters. The molecule has 1 nitrogen and oxygen atoms in total. The molecule has 3 rings (SSSR count). The van der Waals surface area contributed by atoms with E-state index in [0.29, 0.717) is 11.8 Å². The third-order valence-corrected chi connectivity index (χ3v) is 5.12. The van der Waals surface area contributed by atoms with Crippen molar-refractivity contribution in [1.82, 2.24) is 0 Å². The highest BCUT2D eigenvalue weighted by atomic mass is 19.4. The molecule has 21 heavy (non-hydrogen) atoms. The number of hydrogen-bond acceptors (Lipinski definition) is 1. The molecule has 0 aromatic heterocycles. The van der Waals surface area contributed by atoms with Crippen LogP contribution < -0.4 is 5.73 Å². The van der Waals surface area contributed by atoms with Crippen molar-refractivity contribution in [1.29, 1.82) is 0 Å². The highest BCUT2D eigenvalue weighted by Crippen LogP contribution is 2.49. The number of alkyl halides is 3. The van der Waals surface area contributed by atoms with Gasteiger partial charge >= 0.3 is 6.18 Å². The zero-order chi connectivity index (χ0) is 15.0. The predicted octanol–water partition coefficient (Wildman–Crippen LogP) is 4.56. The Kier molecular flexibility index (Phi) is 4.00. The van der Waals surface area contributed by atoms with Crippen molar-refractivity contribution in [2.24, 2.45) is 17.6 Å². The molecule has 0 spiro atoms. The lowest BCUT2D eigenvalue weighted by molar-refractivity contribution is -0.137. The molecule has 1 aromatic rings. The van der Waals surface area contributed by atoms with Gasteiger partial charge in [-0.25, -0.2) is 0 Å². The summed E-state index contributed by atoms with van der Waals surface area (Å²) in [6.07, 6.45) is 2.27. The molecule has 0 saturated heterocycles. The molecule has 115 valence electrons. The van der Waals surface area contributed by atoms with Gasteiger partial charge in [0.15, 0.2) is 0 Å². The number of rotatable bonds is 2. The van der Waals surface area contributed by atoms with Crippen molar-refractivity contribution < 1.29 is 13.2 Å². The Labute approximate surface area is 123 Å². The highest BCUT2D eigenvalue weighted by molar-refractivity contribution is 5.39. The SMILES string of the molecule is NC1CCCCC1C1CC[C]1c1cccc(C(F)(F)F)c1. The van der Waals surface area contributed by atoms with Gasteiger partial charge in [0.25, 0.3) is 0 Å². The Morgan fingerprint density at radius 3 is 2.43 bits per heavy atom.